The maximum atomic E-state index is 13.7. The molecule has 0 aliphatic carbocycles. The van der Waals surface area contributed by atoms with Gasteiger partial charge in [-0.2, -0.15) is 4.98 Å². The summed E-state index contributed by atoms with van der Waals surface area (Å²) in [6.45, 7) is 6.73. The number of halogens is 1. The van der Waals surface area contributed by atoms with Gasteiger partial charge in [-0.05, 0) is 37.0 Å². The molecular formula is C24H25FN4O2. The van der Waals surface area contributed by atoms with Crippen molar-refractivity contribution >= 4 is 11.6 Å². The second-order valence-electron chi connectivity index (χ2n) is 8.06. The van der Waals surface area contributed by atoms with Gasteiger partial charge in [-0.3, -0.25) is 4.90 Å². The summed E-state index contributed by atoms with van der Waals surface area (Å²) in [6, 6.07) is 15.2. The molecule has 6 nitrogen and oxygen atoms in total. The summed E-state index contributed by atoms with van der Waals surface area (Å²) >= 11 is 0. The molecule has 7 heteroatoms. The van der Waals surface area contributed by atoms with Gasteiger partial charge in [0.1, 0.15) is 5.82 Å². The fraction of sp³-hybridized carbons (Fsp3) is 0.292. The van der Waals surface area contributed by atoms with E-state index in [-0.39, 0.29) is 11.8 Å². The molecule has 1 aliphatic heterocycles. The first kappa shape index (κ1) is 20.8. The summed E-state index contributed by atoms with van der Waals surface area (Å²) in [5.74, 6) is 0.692. The summed E-state index contributed by atoms with van der Waals surface area (Å²) in [7, 11) is 0. The highest BCUT2D eigenvalue weighted by molar-refractivity contribution is 5.86. The molecule has 0 saturated carbocycles. The highest BCUT2D eigenvalue weighted by atomic mass is 19.1. The molecule has 0 spiro atoms. The molecular weight excluding hydrogens is 395 g/mol. The zero-order valence-electron chi connectivity index (χ0n) is 17.8. The Labute approximate surface area is 180 Å². The van der Waals surface area contributed by atoms with Crippen molar-refractivity contribution in [2.75, 3.05) is 6.54 Å². The van der Waals surface area contributed by atoms with Crippen molar-refractivity contribution in [2.45, 2.75) is 33.2 Å². The molecule has 1 aromatic heterocycles. The van der Waals surface area contributed by atoms with Crippen LogP contribution in [-0.2, 0) is 0 Å². The Hall–Kier alpha value is -3.48. The van der Waals surface area contributed by atoms with E-state index in [1.807, 2.05) is 37.3 Å². The number of hydrogen-bond donors (Lipinski definition) is 1. The Morgan fingerprint density at radius 2 is 1.94 bits per heavy atom. The van der Waals surface area contributed by atoms with Gasteiger partial charge < -0.3 is 9.84 Å². The maximum Gasteiger partial charge on any atom is 0.322 e. The maximum absolute atomic E-state index is 13.7. The molecule has 3 aromatic rings. The van der Waals surface area contributed by atoms with Crippen LogP contribution >= 0.6 is 0 Å². The Morgan fingerprint density at radius 1 is 1.16 bits per heavy atom. The highest BCUT2D eigenvalue weighted by Gasteiger charge is 2.35. The van der Waals surface area contributed by atoms with E-state index in [0.717, 1.165) is 23.3 Å². The second-order valence-corrected chi connectivity index (χ2v) is 8.06. The Kier molecular flexibility index (Phi) is 5.84. The molecule has 0 fully saturated rings. The first-order valence-corrected chi connectivity index (χ1v) is 10.4. The minimum absolute atomic E-state index is 0.152. The monoisotopic (exact) mass is 420 g/mol. The Balaban J connectivity index is 1.78. The number of amides is 2. The van der Waals surface area contributed by atoms with E-state index < -0.39 is 6.04 Å². The van der Waals surface area contributed by atoms with Gasteiger partial charge in [-0.15, -0.1) is 0 Å². The van der Waals surface area contributed by atoms with Gasteiger partial charge in [0.15, 0.2) is 0 Å². The Morgan fingerprint density at radius 3 is 2.65 bits per heavy atom. The van der Waals surface area contributed by atoms with Gasteiger partial charge in [0.05, 0.1) is 11.6 Å². The number of urea groups is 1. The summed E-state index contributed by atoms with van der Waals surface area (Å²) in [4.78, 5) is 19.2. The fourth-order valence-electron chi connectivity index (χ4n) is 3.69. The first-order chi connectivity index (χ1) is 14.9. The number of hydrogen-bond acceptors (Lipinski definition) is 4. The molecule has 1 unspecified atom stereocenters. The van der Waals surface area contributed by atoms with E-state index in [9.17, 15) is 9.18 Å². The number of nitrogens with one attached hydrogen (secondary N) is 1. The van der Waals surface area contributed by atoms with Crippen LogP contribution in [0.1, 0.15) is 44.7 Å². The fourth-order valence-corrected chi connectivity index (χ4v) is 3.69. The average molecular weight is 420 g/mol. The summed E-state index contributed by atoms with van der Waals surface area (Å²) < 4.78 is 19.3. The molecule has 0 bridgehead atoms. The van der Waals surface area contributed by atoms with Crippen LogP contribution in [0.3, 0.4) is 0 Å². The molecule has 0 radical (unpaired) electrons. The van der Waals surface area contributed by atoms with Gasteiger partial charge in [-0.1, -0.05) is 61.5 Å². The smallest absolute Gasteiger partial charge is 0.322 e. The van der Waals surface area contributed by atoms with Gasteiger partial charge in [0.2, 0.25) is 5.82 Å². The summed E-state index contributed by atoms with van der Waals surface area (Å²) in [5, 5.41) is 7.15. The van der Waals surface area contributed by atoms with Crippen molar-refractivity contribution < 1.29 is 13.7 Å². The number of benzene rings is 2. The Bertz CT molecular complexity index is 1110. The molecule has 2 amide bonds. The second kappa shape index (κ2) is 8.71. The van der Waals surface area contributed by atoms with E-state index >= 15 is 0 Å². The number of carbonyl (C=O) groups excluding carboxylic acids is 1. The van der Waals surface area contributed by atoms with Gasteiger partial charge in [0, 0.05) is 17.8 Å². The van der Waals surface area contributed by atoms with Crippen molar-refractivity contribution in [3.05, 3.63) is 77.6 Å². The van der Waals surface area contributed by atoms with Crippen LogP contribution in [0, 0.1) is 11.7 Å². The zero-order valence-corrected chi connectivity index (χ0v) is 17.8. The number of allylic oxidation sites excluding steroid dienone is 1. The predicted octanol–water partition coefficient (Wildman–Crippen LogP) is 5.42. The minimum atomic E-state index is -0.426. The SMILES string of the molecule is CC1=C(c2nc(-c3cccc(F)c3)no2)C(c2ccccc2)NC(=O)N1CCC(C)C. The third kappa shape index (κ3) is 4.35. The lowest BCUT2D eigenvalue weighted by Crippen LogP contribution is -2.46. The van der Waals surface area contributed by atoms with E-state index in [4.69, 9.17) is 4.52 Å². The number of rotatable bonds is 6. The van der Waals surface area contributed by atoms with E-state index in [2.05, 4.69) is 29.3 Å². The van der Waals surface area contributed by atoms with Crippen LogP contribution < -0.4 is 5.32 Å². The van der Waals surface area contributed by atoms with Crippen LogP contribution in [-0.4, -0.2) is 27.6 Å². The number of nitrogens with zero attached hydrogens (tertiary/aromatic N) is 3. The lowest BCUT2D eigenvalue weighted by molar-refractivity contribution is 0.202. The zero-order chi connectivity index (χ0) is 22.0. The molecule has 2 aromatic carbocycles. The molecule has 31 heavy (non-hydrogen) atoms. The minimum Gasteiger partial charge on any atom is -0.334 e. The lowest BCUT2D eigenvalue weighted by Gasteiger charge is -2.35. The molecule has 1 aliphatic rings. The molecule has 1 N–H and O–H groups in total. The highest BCUT2D eigenvalue weighted by Crippen LogP contribution is 2.37. The van der Waals surface area contributed by atoms with Crippen molar-refractivity contribution in [1.82, 2.24) is 20.4 Å². The van der Waals surface area contributed by atoms with Gasteiger partial charge in [-0.25, -0.2) is 9.18 Å². The quantitative estimate of drug-likeness (QED) is 0.578. The van der Waals surface area contributed by atoms with Crippen molar-refractivity contribution in [1.29, 1.82) is 0 Å². The van der Waals surface area contributed by atoms with Gasteiger partial charge in [0.25, 0.3) is 5.89 Å². The van der Waals surface area contributed by atoms with Crippen LogP contribution in [0.25, 0.3) is 17.0 Å². The van der Waals surface area contributed by atoms with Crippen LogP contribution in [0.4, 0.5) is 9.18 Å². The number of carbonyl (C=O) groups is 1. The van der Waals surface area contributed by atoms with E-state index in [0.29, 0.717) is 29.7 Å². The molecule has 2 heterocycles. The van der Waals surface area contributed by atoms with Crippen LogP contribution in [0.5, 0.6) is 0 Å². The largest absolute Gasteiger partial charge is 0.334 e. The number of aromatic nitrogens is 2. The molecule has 160 valence electrons. The van der Waals surface area contributed by atoms with Gasteiger partial charge >= 0.3 is 6.03 Å². The normalized spacial score (nSPS) is 16.7. The van der Waals surface area contributed by atoms with Crippen LogP contribution in [0.15, 0.2) is 64.8 Å². The third-order valence-corrected chi connectivity index (χ3v) is 5.40. The topological polar surface area (TPSA) is 71.3 Å². The molecule has 0 saturated heterocycles. The van der Waals surface area contributed by atoms with E-state index in [1.165, 1.54) is 12.1 Å². The summed E-state index contributed by atoms with van der Waals surface area (Å²) in [5.41, 5.74) is 2.96. The van der Waals surface area contributed by atoms with Crippen molar-refractivity contribution in [2.24, 2.45) is 5.92 Å². The van der Waals surface area contributed by atoms with E-state index in [1.54, 1.807) is 17.0 Å². The predicted molar refractivity (Wildman–Crippen MR) is 116 cm³/mol. The van der Waals surface area contributed by atoms with Crippen LogP contribution in [0.2, 0.25) is 0 Å². The van der Waals surface area contributed by atoms with Crippen molar-refractivity contribution in [3.8, 4) is 11.4 Å². The third-order valence-electron chi connectivity index (χ3n) is 5.40. The summed E-state index contributed by atoms with van der Waals surface area (Å²) in [6.07, 6.45) is 0.867. The first-order valence-electron chi connectivity index (χ1n) is 10.4. The van der Waals surface area contributed by atoms with Crippen molar-refractivity contribution in [3.63, 3.8) is 0 Å². The molecule has 1 atom stereocenters. The average Bonchev–Trinajstić information content (AvgIpc) is 3.23. The standard InChI is InChI=1S/C24H25FN4O2/c1-15(2)12-13-29-16(3)20(21(26-24(29)30)17-8-5-4-6-9-17)23-27-22(28-31-23)18-10-7-11-19(25)14-18/h4-11,14-15,21H,12-13H2,1-3H3,(H,26,30). The molecule has 4 rings (SSSR count). The lowest BCUT2D eigenvalue weighted by atomic mass is 9.94.